The zero-order chi connectivity index (χ0) is 24.4. The Hall–Kier alpha value is -2.65. The highest BCUT2D eigenvalue weighted by atomic mass is 32.2. The molecule has 8 heteroatoms. The highest BCUT2D eigenvalue weighted by Gasteiger charge is 2.59. The van der Waals surface area contributed by atoms with E-state index < -0.39 is 40.0 Å². The Labute approximate surface area is 198 Å². The molecule has 0 amide bonds. The van der Waals surface area contributed by atoms with Crippen LogP contribution in [0.15, 0.2) is 91.0 Å². The van der Waals surface area contributed by atoms with Gasteiger partial charge >= 0.3 is 5.92 Å². The standard InChI is InChI=1S/C26H26F2O5S/c1-19-23(32-24(26(19,27)28)33-34(2,29)30)18-31-25(20-12-6-3-7-13-20,21-14-8-4-9-15-21)22-16-10-5-11-17-22/h3-17,19,23-24H,18H2,1-2H3/t19-,23?,24?/m1/s1. The van der Waals surface area contributed by atoms with Crippen molar-refractivity contribution in [3.63, 3.8) is 0 Å². The topological polar surface area (TPSA) is 61.8 Å². The largest absolute Gasteiger partial charge is 0.358 e. The summed E-state index contributed by atoms with van der Waals surface area (Å²) in [6.07, 6.45) is -2.59. The highest BCUT2D eigenvalue weighted by molar-refractivity contribution is 7.86. The summed E-state index contributed by atoms with van der Waals surface area (Å²) in [4.78, 5) is 0. The molecule has 0 spiro atoms. The minimum Gasteiger partial charge on any atom is -0.358 e. The van der Waals surface area contributed by atoms with Gasteiger partial charge in [-0.15, -0.1) is 0 Å². The molecular weight excluding hydrogens is 462 g/mol. The molecule has 0 radical (unpaired) electrons. The Morgan fingerprint density at radius 1 is 0.853 bits per heavy atom. The summed E-state index contributed by atoms with van der Waals surface area (Å²) in [6, 6.07) is 28.5. The summed E-state index contributed by atoms with van der Waals surface area (Å²) in [5, 5.41) is 0. The third kappa shape index (κ3) is 4.77. The maximum Gasteiger partial charge on any atom is 0.304 e. The summed E-state index contributed by atoms with van der Waals surface area (Å²) in [5.41, 5.74) is 1.33. The van der Waals surface area contributed by atoms with Crippen LogP contribution in [0.5, 0.6) is 0 Å². The molecule has 2 unspecified atom stereocenters. The number of hydrogen-bond donors (Lipinski definition) is 0. The summed E-state index contributed by atoms with van der Waals surface area (Å²) in [5.74, 6) is -4.84. The number of hydrogen-bond acceptors (Lipinski definition) is 5. The Morgan fingerprint density at radius 3 is 1.65 bits per heavy atom. The van der Waals surface area contributed by atoms with Gasteiger partial charge in [0.25, 0.3) is 10.1 Å². The lowest BCUT2D eigenvalue weighted by Gasteiger charge is -2.37. The molecule has 3 aromatic rings. The van der Waals surface area contributed by atoms with Crippen LogP contribution in [0.1, 0.15) is 23.6 Å². The summed E-state index contributed by atoms with van der Waals surface area (Å²) >= 11 is 0. The third-order valence-corrected chi connectivity index (χ3v) is 6.57. The van der Waals surface area contributed by atoms with Crippen LogP contribution in [0.2, 0.25) is 0 Å². The van der Waals surface area contributed by atoms with Crippen LogP contribution in [-0.4, -0.2) is 39.6 Å². The van der Waals surface area contributed by atoms with E-state index in [1.165, 1.54) is 6.92 Å². The minimum atomic E-state index is -4.14. The fourth-order valence-corrected chi connectivity index (χ4v) is 4.73. The Bertz CT molecular complexity index is 1090. The first kappa shape index (κ1) is 24.5. The monoisotopic (exact) mass is 488 g/mol. The molecule has 0 aromatic heterocycles. The maximum atomic E-state index is 14.8. The zero-order valence-corrected chi connectivity index (χ0v) is 19.6. The molecule has 3 atom stereocenters. The second-order valence-electron chi connectivity index (χ2n) is 8.36. The van der Waals surface area contributed by atoms with Gasteiger partial charge in [0.2, 0.25) is 6.29 Å². The van der Waals surface area contributed by atoms with Gasteiger partial charge in [0.1, 0.15) is 5.60 Å². The van der Waals surface area contributed by atoms with E-state index in [9.17, 15) is 17.2 Å². The Balaban J connectivity index is 1.74. The minimum absolute atomic E-state index is 0.223. The molecule has 1 aliphatic heterocycles. The van der Waals surface area contributed by atoms with E-state index in [4.69, 9.17) is 9.47 Å². The van der Waals surface area contributed by atoms with E-state index in [0.717, 1.165) is 16.7 Å². The van der Waals surface area contributed by atoms with Crippen molar-refractivity contribution >= 4 is 10.1 Å². The van der Waals surface area contributed by atoms with Crippen molar-refractivity contribution in [2.75, 3.05) is 12.9 Å². The van der Waals surface area contributed by atoms with Gasteiger partial charge < -0.3 is 9.47 Å². The third-order valence-electron chi connectivity index (χ3n) is 6.04. The van der Waals surface area contributed by atoms with Crippen molar-refractivity contribution in [3.8, 4) is 0 Å². The molecule has 180 valence electrons. The number of benzene rings is 3. The second kappa shape index (κ2) is 9.54. The van der Waals surface area contributed by atoms with Gasteiger partial charge in [-0.05, 0) is 16.7 Å². The van der Waals surface area contributed by atoms with Crippen LogP contribution < -0.4 is 0 Å². The first-order valence-corrected chi connectivity index (χ1v) is 12.7. The summed E-state index contributed by atoms with van der Waals surface area (Å²) in [6.45, 7) is 1.08. The summed E-state index contributed by atoms with van der Waals surface area (Å²) < 4.78 is 69.1. The predicted molar refractivity (Wildman–Crippen MR) is 124 cm³/mol. The molecule has 5 nitrogen and oxygen atoms in total. The van der Waals surface area contributed by atoms with Crippen molar-refractivity contribution in [1.82, 2.24) is 0 Å². The van der Waals surface area contributed by atoms with Crippen molar-refractivity contribution in [2.45, 2.75) is 30.8 Å². The van der Waals surface area contributed by atoms with Crippen LogP contribution in [0.4, 0.5) is 8.78 Å². The molecule has 4 rings (SSSR count). The van der Waals surface area contributed by atoms with Crippen LogP contribution >= 0.6 is 0 Å². The molecule has 0 N–H and O–H groups in total. The molecule has 0 aliphatic carbocycles. The van der Waals surface area contributed by atoms with E-state index >= 15 is 0 Å². The van der Waals surface area contributed by atoms with E-state index in [1.807, 2.05) is 91.0 Å². The Morgan fingerprint density at radius 2 is 1.26 bits per heavy atom. The average molecular weight is 489 g/mol. The molecule has 34 heavy (non-hydrogen) atoms. The van der Waals surface area contributed by atoms with Crippen LogP contribution in [0.3, 0.4) is 0 Å². The van der Waals surface area contributed by atoms with Crippen LogP contribution in [-0.2, 0) is 29.4 Å². The molecule has 0 bridgehead atoms. The van der Waals surface area contributed by atoms with Gasteiger partial charge in [0.05, 0.1) is 24.9 Å². The Kier molecular flexibility index (Phi) is 6.87. The van der Waals surface area contributed by atoms with Gasteiger partial charge in [-0.3, -0.25) is 0 Å². The maximum absolute atomic E-state index is 14.8. The molecule has 1 fully saturated rings. The smallest absolute Gasteiger partial charge is 0.304 e. The SMILES string of the molecule is C[C@@H]1C(COC(c2ccccc2)(c2ccccc2)c2ccccc2)OC(OS(C)(=O)=O)C1(F)F. The first-order chi connectivity index (χ1) is 16.1. The van der Waals surface area contributed by atoms with Gasteiger partial charge in [-0.25, -0.2) is 13.0 Å². The van der Waals surface area contributed by atoms with E-state index in [0.29, 0.717) is 6.26 Å². The number of ether oxygens (including phenoxy) is 2. The van der Waals surface area contributed by atoms with Gasteiger partial charge in [-0.1, -0.05) is 97.9 Å². The van der Waals surface area contributed by atoms with Crippen molar-refractivity contribution in [2.24, 2.45) is 5.92 Å². The van der Waals surface area contributed by atoms with Crippen LogP contribution in [0, 0.1) is 5.92 Å². The van der Waals surface area contributed by atoms with Crippen molar-refractivity contribution < 1.29 is 30.9 Å². The van der Waals surface area contributed by atoms with Gasteiger partial charge in [-0.2, -0.15) is 8.42 Å². The average Bonchev–Trinajstić information content (AvgIpc) is 3.03. The summed E-state index contributed by atoms with van der Waals surface area (Å²) in [7, 11) is -4.14. The fraction of sp³-hybridized carbons (Fsp3) is 0.308. The van der Waals surface area contributed by atoms with E-state index in [1.54, 1.807) is 0 Å². The molecule has 0 saturated carbocycles. The molecular formula is C26H26F2O5S. The first-order valence-electron chi connectivity index (χ1n) is 10.9. The van der Waals surface area contributed by atoms with Gasteiger partial charge in [0.15, 0.2) is 0 Å². The number of halogens is 2. The molecule has 3 aromatic carbocycles. The van der Waals surface area contributed by atoms with E-state index in [2.05, 4.69) is 4.18 Å². The predicted octanol–water partition coefficient (Wildman–Crippen LogP) is 4.97. The number of rotatable bonds is 8. The fourth-order valence-electron chi connectivity index (χ4n) is 4.23. The van der Waals surface area contributed by atoms with E-state index in [-0.39, 0.29) is 6.61 Å². The second-order valence-corrected chi connectivity index (χ2v) is 9.96. The van der Waals surface area contributed by atoms with Gasteiger partial charge in [0, 0.05) is 0 Å². The lowest BCUT2D eigenvalue weighted by atomic mass is 9.80. The lowest BCUT2D eigenvalue weighted by molar-refractivity contribution is -0.178. The zero-order valence-electron chi connectivity index (χ0n) is 18.8. The van der Waals surface area contributed by atoms with Crippen molar-refractivity contribution in [1.29, 1.82) is 0 Å². The number of alkyl halides is 2. The lowest BCUT2D eigenvalue weighted by Crippen LogP contribution is -2.38. The highest BCUT2D eigenvalue weighted by Crippen LogP contribution is 2.45. The molecule has 1 saturated heterocycles. The molecule has 1 aliphatic rings. The molecule has 1 heterocycles. The normalized spacial score (nSPS) is 22.5. The van der Waals surface area contributed by atoms with Crippen molar-refractivity contribution in [3.05, 3.63) is 108 Å². The quantitative estimate of drug-likeness (QED) is 0.331. The van der Waals surface area contributed by atoms with Crippen LogP contribution in [0.25, 0.3) is 0 Å².